The van der Waals surface area contributed by atoms with E-state index < -0.39 is 5.91 Å². The second-order valence-electron chi connectivity index (χ2n) is 6.50. The molecule has 0 saturated carbocycles. The molecule has 0 aliphatic heterocycles. The average Bonchev–Trinajstić information content (AvgIpc) is 2.69. The van der Waals surface area contributed by atoms with Gasteiger partial charge in [-0.3, -0.25) is 9.59 Å². The lowest BCUT2D eigenvalue weighted by Crippen LogP contribution is -2.25. The van der Waals surface area contributed by atoms with Gasteiger partial charge in [0.25, 0.3) is 11.8 Å². The fraction of sp³-hybridized carbons (Fsp3) is 0.136. The van der Waals surface area contributed by atoms with Crippen molar-refractivity contribution in [3.05, 3.63) is 93.8 Å². The molecule has 142 valence electrons. The SMILES string of the molecule is Cc1cccc(CNC(=O)c2cccc(C(=O)Nc3ccc(C)c(Cl)c3)n2)c1. The molecular weight excluding hydrogens is 374 g/mol. The molecule has 3 aromatic rings. The summed E-state index contributed by atoms with van der Waals surface area (Å²) in [7, 11) is 0. The van der Waals surface area contributed by atoms with E-state index in [-0.39, 0.29) is 17.3 Å². The van der Waals surface area contributed by atoms with Crippen LogP contribution in [0.2, 0.25) is 5.02 Å². The summed E-state index contributed by atoms with van der Waals surface area (Å²) >= 11 is 6.09. The summed E-state index contributed by atoms with van der Waals surface area (Å²) in [4.78, 5) is 29.0. The van der Waals surface area contributed by atoms with E-state index in [1.54, 1.807) is 30.3 Å². The molecule has 0 spiro atoms. The molecule has 28 heavy (non-hydrogen) atoms. The molecule has 1 aromatic heterocycles. The number of aryl methyl sites for hydroxylation is 2. The normalized spacial score (nSPS) is 10.4. The van der Waals surface area contributed by atoms with Crippen LogP contribution in [0.3, 0.4) is 0 Å². The summed E-state index contributed by atoms with van der Waals surface area (Å²) in [6.45, 7) is 4.27. The Hall–Kier alpha value is -3.18. The Balaban J connectivity index is 1.67. The first kappa shape index (κ1) is 19.6. The molecule has 0 atom stereocenters. The van der Waals surface area contributed by atoms with Gasteiger partial charge < -0.3 is 10.6 Å². The van der Waals surface area contributed by atoms with Crippen LogP contribution >= 0.6 is 11.6 Å². The number of aromatic nitrogens is 1. The number of pyridine rings is 1. The molecule has 1 heterocycles. The van der Waals surface area contributed by atoms with Crippen molar-refractivity contribution >= 4 is 29.1 Å². The molecule has 0 aliphatic rings. The number of nitrogens with one attached hydrogen (secondary N) is 2. The third kappa shape index (κ3) is 4.96. The summed E-state index contributed by atoms with van der Waals surface area (Å²) in [6.07, 6.45) is 0. The number of hydrogen-bond donors (Lipinski definition) is 2. The fourth-order valence-electron chi connectivity index (χ4n) is 2.65. The monoisotopic (exact) mass is 393 g/mol. The minimum absolute atomic E-state index is 0.153. The first-order valence-electron chi connectivity index (χ1n) is 8.80. The highest BCUT2D eigenvalue weighted by molar-refractivity contribution is 6.31. The average molecular weight is 394 g/mol. The van der Waals surface area contributed by atoms with Crippen molar-refractivity contribution in [2.45, 2.75) is 20.4 Å². The van der Waals surface area contributed by atoms with E-state index in [0.717, 1.165) is 16.7 Å². The predicted molar refractivity (Wildman–Crippen MR) is 111 cm³/mol. The second kappa shape index (κ2) is 8.67. The zero-order valence-electron chi connectivity index (χ0n) is 15.6. The maximum atomic E-state index is 12.5. The van der Waals surface area contributed by atoms with Gasteiger partial charge in [0.05, 0.1) is 0 Å². The van der Waals surface area contributed by atoms with Crippen molar-refractivity contribution in [3.63, 3.8) is 0 Å². The molecule has 0 aliphatic carbocycles. The summed E-state index contributed by atoms with van der Waals surface area (Å²) < 4.78 is 0. The molecule has 5 nitrogen and oxygen atoms in total. The van der Waals surface area contributed by atoms with Gasteiger partial charge in [-0.1, -0.05) is 53.6 Å². The molecule has 0 saturated heterocycles. The summed E-state index contributed by atoms with van der Waals surface area (Å²) in [5, 5.41) is 6.13. The van der Waals surface area contributed by atoms with Crippen LogP contribution in [0.15, 0.2) is 60.7 Å². The van der Waals surface area contributed by atoms with Gasteiger partial charge in [-0.05, 0) is 49.2 Å². The van der Waals surface area contributed by atoms with Crippen LogP contribution in [-0.4, -0.2) is 16.8 Å². The number of carbonyl (C=O) groups is 2. The van der Waals surface area contributed by atoms with Crippen molar-refractivity contribution in [2.75, 3.05) is 5.32 Å². The molecule has 2 N–H and O–H groups in total. The fourth-order valence-corrected chi connectivity index (χ4v) is 2.83. The van der Waals surface area contributed by atoms with E-state index in [4.69, 9.17) is 11.6 Å². The van der Waals surface area contributed by atoms with Gasteiger partial charge in [0, 0.05) is 17.3 Å². The van der Waals surface area contributed by atoms with Crippen LogP contribution in [0, 0.1) is 13.8 Å². The number of halogens is 1. The lowest BCUT2D eigenvalue weighted by molar-refractivity contribution is 0.0945. The van der Waals surface area contributed by atoms with E-state index in [1.165, 1.54) is 0 Å². The van der Waals surface area contributed by atoms with Gasteiger partial charge in [-0.25, -0.2) is 4.98 Å². The minimum Gasteiger partial charge on any atom is -0.347 e. The van der Waals surface area contributed by atoms with Crippen LogP contribution in [-0.2, 0) is 6.54 Å². The lowest BCUT2D eigenvalue weighted by atomic mass is 10.1. The highest BCUT2D eigenvalue weighted by Crippen LogP contribution is 2.20. The van der Waals surface area contributed by atoms with Crippen LogP contribution in [0.25, 0.3) is 0 Å². The van der Waals surface area contributed by atoms with Crippen molar-refractivity contribution in [3.8, 4) is 0 Å². The molecule has 0 unspecified atom stereocenters. The van der Waals surface area contributed by atoms with E-state index in [2.05, 4.69) is 15.6 Å². The van der Waals surface area contributed by atoms with Crippen molar-refractivity contribution < 1.29 is 9.59 Å². The van der Waals surface area contributed by atoms with Crippen molar-refractivity contribution in [2.24, 2.45) is 0 Å². The number of amides is 2. The number of anilines is 1. The van der Waals surface area contributed by atoms with Crippen molar-refractivity contribution in [1.29, 1.82) is 0 Å². The zero-order chi connectivity index (χ0) is 20.1. The van der Waals surface area contributed by atoms with Crippen LogP contribution in [0.5, 0.6) is 0 Å². The summed E-state index contributed by atoms with van der Waals surface area (Å²) in [5.74, 6) is -0.747. The number of hydrogen-bond acceptors (Lipinski definition) is 3. The molecule has 2 aromatic carbocycles. The number of rotatable bonds is 5. The number of nitrogens with zero attached hydrogens (tertiary/aromatic N) is 1. The van der Waals surface area contributed by atoms with E-state index in [0.29, 0.717) is 17.3 Å². The van der Waals surface area contributed by atoms with Crippen LogP contribution < -0.4 is 10.6 Å². The molecule has 0 fully saturated rings. The van der Waals surface area contributed by atoms with Crippen molar-refractivity contribution in [1.82, 2.24) is 10.3 Å². The van der Waals surface area contributed by atoms with E-state index >= 15 is 0 Å². The van der Waals surface area contributed by atoms with Crippen LogP contribution in [0.4, 0.5) is 5.69 Å². The van der Waals surface area contributed by atoms with Gasteiger partial charge in [0.15, 0.2) is 0 Å². The number of carbonyl (C=O) groups excluding carboxylic acids is 2. The first-order valence-corrected chi connectivity index (χ1v) is 9.18. The van der Waals surface area contributed by atoms with Gasteiger partial charge >= 0.3 is 0 Å². The Bertz CT molecular complexity index is 1030. The zero-order valence-corrected chi connectivity index (χ0v) is 16.4. The largest absolute Gasteiger partial charge is 0.347 e. The first-order chi connectivity index (χ1) is 13.4. The minimum atomic E-state index is -0.409. The Labute approximate surface area is 168 Å². The molecular formula is C22H20ClN3O2. The Kier molecular flexibility index (Phi) is 6.06. The standard InChI is InChI=1S/C22H20ClN3O2/c1-14-5-3-6-16(11-14)13-24-21(27)19-7-4-8-20(26-19)22(28)25-17-10-9-15(2)18(23)12-17/h3-12H,13H2,1-2H3,(H,24,27)(H,25,28). The predicted octanol–water partition coefficient (Wildman–Crippen LogP) is 4.53. The van der Waals surface area contributed by atoms with Gasteiger partial charge in [0.1, 0.15) is 11.4 Å². The summed E-state index contributed by atoms with van der Waals surface area (Å²) in [6, 6.07) is 17.9. The number of benzene rings is 2. The van der Waals surface area contributed by atoms with Gasteiger partial charge in [-0.15, -0.1) is 0 Å². The molecule has 0 radical (unpaired) electrons. The molecule has 2 amide bonds. The smallest absolute Gasteiger partial charge is 0.274 e. The quantitative estimate of drug-likeness (QED) is 0.668. The highest BCUT2D eigenvalue weighted by Gasteiger charge is 2.13. The highest BCUT2D eigenvalue weighted by atomic mass is 35.5. The third-order valence-corrected chi connectivity index (χ3v) is 4.59. The lowest BCUT2D eigenvalue weighted by Gasteiger charge is -2.08. The third-order valence-electron chi connectivity index (χ3n) is 4.18. The molecule has 0 bridgehead atoms. The second-order valence-corrected chi connectivity index (χ2v) is 6.91. The topological polar surface area (TPSA) is 71.1 Å². The van der Waals surface area contributed by atoms with Gasteiger partial charge in [-0.2, -0.15) is 0 Å². The summed E-state index contributed by atoms with van der Waals surface area (Å²) in [5.41, 5.74) is 3.95. The maximum Gasteiger partial charge on any atom is 0.274 e. The Morgan fingerprint density at radius 1 is 0.929 bits per heavy atom. The Morgan fingerprint density at radius 2 is 1.64 bits per heavy atom. The van der Waals surface area contributed by atoms with E-state index in [1.807, 2.05) is 44.2 Å². The molecule has 6 heteroatoms. The molecule has 3 rings (SSSR count). The van der Waals surface area contributed by atoms with Crippen LogP contribution in [0.1, 0.15) is 37.7 Å². The maximum absolute atomic E-state index is 12.5. The van der Waals surface area contributed by atoms with Gasteiger partial charge in [0.2, 0.25) is 0 Å². The van der Waals surface area contributed by atoms with E-state index in [9.17, 15) is 9.59 Å². The Morgan fingerprint density at radius 3 is 2.36 bits per heavy atom.